The first-order valence-corrected chi connectivity index (χ1v) is 8.47. The number of aromatic nitrogens is 1. The number of carbonyl (C=O) groups excluding carboxylic acids is 3. The molecule has 3 amide bonds. The molecule has 0 saturated carbocycles. The molecule has 0 unspecified atom stereocenters. The van der Waals surface area contributed by atoms with Gasteiger partial charge in [0.2, 0.25) is 5.91 Å². The lowest BCUT2D eigenvalue weighted by atomic mass is 10.2. The first-order valence-electron chi connectivity index (χ1n) is 6.73. The quantitative estimate of drug-likeness (QED) is 0.519. The van der Waals surface area contributed by atoms with Crippen molar-refractivity contribution >= 4 is 50.7 Å². The van der Waals surface area contributed by atoms with Crippen LogP contribution in [0, 0.1) is 0 Å². The molecule has 0 atom stereocenters. The molecule has 2 aromatic heterocycles. The van der Waals surface area contributed by atoms with Crippen LogP contribution in [0.3, 0.4) is 0 Å². The van der Waals surface area contributed by atoms with E-state index >= 15 is 0 Å². The van der Waals surface area contributed by atoms with Crippen molar-refractivity contribution in [3.05, 3.63) is 44.3 Å². The Labute approximate surface area is 149 Å². The molecule has 2 rings (SSSR count). The van der Waals surface area contributed by atoms with Crippen molar-refractivity contribution in [1.82, 2.24) is 15.6 Å². The van der Waals surface area contributed by atoms with E-state index in [0.29, 0.717) is 4.47 Å². The number of nitrogens with one attached hydrogen (secondary N) is 2. The highest BCUT2D eigenvalue weighted by Crippen LogP contribution is 2.15. The number of pyridine rings is 1. The zero-order chi connectivity index (χ0) is 17.7. The van der Waals surface area contributed by atoms with Crippen molar-refractivity contribution in [3.8, 4) is 0 Å². The summed E-state index contributed by atoms with van der Waals surface area (Å²) < 4.78 is 0.671. The molecule has 0 aromatic carbocycles. The van der Waals surface area contributed by atoms with E-state index in [1.165, 1.54) is 22.9 Å². The molecule has 0 aliphatic rings. The summed E-state index contributed by atoms with van der Waals surface area (Å²) in [5, 5.41) is 8.25. The van der Waals surface area contributed by atoms with Gasteiger partial charge in [-0.2, -0.15) is 11.3 Å². The fourth-order valence-corrected chi connectivity index (χ4v) is 3.01. The highest BCUT2D eigenvalue weighted by Gasteiger charge is 2.16. The van der Waals surface area contributed by atoms with E-state index in [4.69, 9.17) is 11.5 Å². The molecular weight excluding hydrogens is 398 g/mol. The van der Waals surface area contributed by atoms with Gasteiger partial charge in [0.05, 0.1) is 16.8 Å². The van der Waals surface area contributed by atoms with Crippen LogP contribution in [0.15, 0.2) is 27.5 Å². The zero-order valence-corrected chi connectivity index (χ0v) is 14.7. The van der Waals surface area contributed by atoms with Gasteiger partial charge in [-0.05, 0) is 22.0 Å². The fraction of sp³-hybridized carbons (Fsp3) is 0.143. The van der Waals surface area contributed by atoms with Gasteiger partial charge in [0.1, 0.15) is 0 Å². The predicted octanol–water partition coefficient (Wildman–Crippen LogP) is 0.746. The van der Waals surface area contributed by atoms with Gasteiger partial charge in [-0.1, -0.05) is 0 Å². The molecule has 0 aliphatic carbocycles. The van der Waals surface area contributed by atoms with Crippen molar-refractivity contribution in [2.45, 2.75) is 0 Å². The number of amides is 3. The summed E-state index contributed by atoms with van der Waals surface area (Å²) in [4.78, 5) is 39.1. The van der Waals surface area contributed by atoms with Crippen molar-refractivity contribution < 1.29 is 14.4 Å². The maximum atomic E-state index is 12.0. The molecular formula is C14H14BrN5O3S. The van der Waals surface area contributed by atoms with E-state index < -0.39 is 17.7 Å². The standard InChI is InChI=1S/C14H14BrN5O3S/c15-7-3-10(16)11(20-4-7)14(23)19-2-1-18-13(22)9-6-24-5-8(9)12(17)21/h3-6H,1-2,16H2,(H2,17,21)(H,18,22)(H,19,23). The van der Waals surface area contributed by atoms with Crippen LogP contribution >= 0.6 is 27.3 Å². The largest absolute Gasteiger partial charge is 0.397 e. The van der Waals surface area contributed by atoms with Crippen LogP contribution in [0.5, 0.6) is 0 Å². The van der Waals surface area contributed by atoms with Gasteiger partial charge in [-0.15, -0.1) is 0 Å². The Kier molecular flexibility index (Phi) is 5.88. The monoisotopic (exact) mass is 411 g/mol. The summed E-state index contributed by atoms with van der Waals surface area (Å²) in [6.07, 6.45) is 1.47. The molecule has 2 aromatic rings. The number of hydrogen-bond donors (Lipinski definition) is 4. The minimum Gasteiger partial charge on any atom is -0.397 e. The van der Waals surface area contributed by atoms with E-state index in [9.17, 15) is 14.4 Å². The highest BCUT2D eigenvalue weighted by molar-refractivity contribution is 9.10. The third-order valence-corrected chi connectivity index (χ3v) is 4.14. The molecule has 0 spiro atoms. The Bertz CT molecular complexity index is 792. The molecule has 24 heavy (non-hydrogen) atoms. The number of nitrogens with two attached hydrogens (primary N) is 2. The van der Waals surface area contributed by atoms with Crippen LogP contribution in [0.1, 0.15) is 31.2 Å². The average Bonchev–Trinajstić information content (AvgIpc) is 3.01. The SMILES string of the molecule is NC(=O)c1cscc1C(=O)NCCNC(=O)c1ncc(Br)cc1N. The third-order valence-electron chi connectivity index (χ3n) is 2.97. The molecule has 0 aliphatic heterocycles. The normalized spacial score (nSPS) is 10.2. The van der Waals surface area contributed by atoms with Crippen molar-refractivity contribution in [2.75, 3.05) is 18.8 Å². The molecule has 10 heteroatoms. The van der Waals surface area contributed by atoms with Crippen LogP contribution in [0.4, 0.5) is 5.69 Å². The smallest absolute Gasteiger partial charge is 0.272 e. The van der Waals surface area contributed by atoms with Crippen LogP contribution in [0.2, 0.25) is 0 Å². The summed E-state index contributed by atoms with van der Waals surface area (Å²) in [6, 6.07) is 1.58. The second-order valence-electron chi connectivity index (χ2n) is 4.67. The molecule has 6 N–H and O–H groups in total. The highest BCUT2D eigenvalue weighted by atomic mass is 79.9. The summed E-state index contributed by atoms with van der Waals surface area (Å²) in [6.45, 7) is 0.354. The number of rotatable bonds is 6. The van der Waals surface area contributed by atoms with Crippen molar-refractivity contribution in [3.63, 3.8) is 0 Å². The minimum atomic E-state index is -0.661. The first-order chi connectivity index (χ1) is 11.4. The van der Waals surface area contributed by atoms with E-state index in [1.54, 1.807) is 11.4 Å². The number of nitrogen functional groups attached to an aromatic ring is 1. The summed E-state index contributed by atoms with van der Waals surface area (Å²) in [7, 11) is 0. The van der Waals surface area contributed by atoms with Gasteiger partial charge in [-0.3, -0.25) is 14.4 Å². The van der Waals surface area contributed by atoms with Crippen LogP contribution in [0.25, 0.3) is 0 Å². The van der Waals surface area contributed by atoms with Gasteiger partial charge in [-0.25, -0.2) is 4.98 Å². The average molecular weight is 412 g/mol. The van der Waals surface area contributed by atoms with Gasteiger partial charge in [0.25, 0.3) is 11.8 Å². The Balaban J connectivity index is 1.84. The third kappa shape index (κ3) is 4.30. The lowest BCUT2D eigenvalue weighted by molar-refractivity contribution is 0.0921. The van der Waals surface area contributed by atoms with Crippen molar-refractivity contribution in [2.24, 2.45) is 5.73 Å². The van der Waals surface area contributed by atoms with Gasteiger partial charge in [0, 0.05) is 34.5 Å². The Morgan fingerprint density at radius 3 is 2.38 bits per heavy atom. The molecule has 2 heterocycles. The fourth-order valence-electron chi connectivity index (χ4n) is 1.84. The molecule has 0 saturated heterocycles. The van der Waals surface area contributed by atoms with Crippen LogP contribution in [-0.2, 0) is 0 Å². The van der Waals surface area contributed by atoms with E-state index in [1.807, 2.05) is 0 Å². The summed E-state index contributed by atoms with van der Waals surface area (Å²) in [5.41, 5.74) is 11.7. The molecule has 0 radical (unpaired) electrons. The number of thiophene rings is 1. The number of halogens is 1. The Morgan fingerprint density at radius 2 is 1.75 bits per heavy atom. The lowest BCUT2D eigenvalue weighted by Gasteiger charge is -2.08. The number of hydrogen-bond acceptors (Lipinski definition) is 6. The Morgan fingerprint density at radius 1 is 1.12 bits per heavy atom. The van der Waals surface area contributed by atoms with Gasteiger partial charge >= 0.3 is 0 Å². The van der Waals surface area contributed by atoms with E-state index in [2.05, 4.69) is 31.5 Å². The minimum absolute atomic E-state index is 0.110. The second kappa shape index (κ2) is 7.88. The molecule has 0 fully saturated rings. The molecule has 8 nitrogen and oxygen atoms in total. The first kappa shape index (κ1) is 17.9. The molecule has 0 bridgehead atoms. The summed E-state index contributed by atoms with van der Waals surface area (Å²) >= 11 is 4.42. The molecule has 126 valence electrons. The van der Waals surface area contributed by atoms with Gasteiger partial charge < -0.3 is 22.1 Å². The lowest BCUT2D eigenvalue weighted by Crippen LogP contribution is -2.35. The topological polar surface area (TPSA) is 140 Å². The Hall–Kier alpha value is -2.46. The maximum absolute atomic E-state index is 12.0. The van der Waals surface area contributed by atoms with Crippen LogP contribution in [-0.4, -0.2) is 35.8 Å². The summed E-state index contributed by atoms with van der Waals surface area (Å²) in [5.74, 6) is -1.53. The number of anilines is 1. The maximum Gasteiger partial charge on any atom is 0.272 e. The van der Waals surface area contributed by atoms with E-state index in [-0.39, 0.29) is 35.6 Å². The zero-order valence-electron chi connectivity index (χ0n) is 12.3. The van der Waals surface area contributed by atoms with Crippen LogP contribution < -0.4 is 22.1 Å². The number of carbonyl (C=O) groups is 3. The number of nitrogens with zero attached hydrogens (tertiary/aromatic N) is 1. The predicted molar refractivity (Wildman–Crippen MR) is 93.9 cm³/mol. The second-order valence-corrected chi connectivity index (χ2v) is 6.33. The number of primary amides is 1. The van der Waals surface area contributed by atoms with Gasteiger partial charge in [0.15, 0.2) is 5.69 Å². The van der Waals surface area contributed by atoms with E-state index in [0.717, 1.165) is 0 Å². The van der Waals surface area contributed by atoms with Crippen molar-refractivity contribution in [1.29, 1.82) is 0 Å².